The molecule has 0 radical (unpaired) electrons. The Morgan fingerprint density at radius 2 is 1.02 bits per heavy atom. The first-order chi connectivity index (χ1) is 41.4. The first-order valence-electron chi connectivity index (χ1n) is 31.5. The van der Waals surface area contributed by atoms with Crippen LogP contribution in [-0.4, -0.2) is 4.57 Å². The summed E-state index contributed by atoms with van der Waals surface area (Å²) in [5, 5.41) is 0.598. The fourth-order valence-corrected chi connectivity index (χ4v) is 8.71. The van der Waals surface area contributed by atoms with Crippen LogP contribution < -0.4 is 4.90 Å². The van der Waals surface area contributed by atoms with Crippen LogP contribution in [0.5, 0.6) is 0 Å². The summed E-state index contributed by atoms with van der Waals surface area (Å²) in [6, 6.07) is 14.7. The number of hydrogen-bond donors (Lipinski definition) is 0. The zero-order valence-corrected chi connectivity index (χ0v) is 33.7. The number of fused-ring (bicyclic) bond motifs is 9. The number of hydrogen-bond acceptors (Lipinski definition) is 2. The molecular weight excluding hydrogens is 789 g/mol. The summed E-state index contributed by atoms with van der Waals surface area (Å²) in [5.74, 6) is 0. The Morgan fingerprint density at radius 1 is 0.415 bits per heavy atom. The molecule has 2 aromatic heterocycles. The normalized spacial score (nSPS) is 16.4. The third-order valence-corrected chi connectivity index (χ3v) is 11.5. The Morgan fingerprint density at radius 3 is 1.75 bits per heavy atom. The standard InChI is InChI=1S/C62H40N2O/c1-2-15-41(16-3-1)42-29-33-46(34-30-42)63(47-35-31-43(32-36-47)56-40-45-17-4-5-20-49(45)51-21-6-7-22-52(51)56)59-38-37-50(62-61(59)55-25-10-13-28-60(55)65-62)44-18-14-19-48(39-44)64-57-26-11-8-23-53(57)54-24-9-12-27-58(54)64/h1-40H/i1D,2D,3D,4D,5D,6D,7D,15D,16D,17D,20D,21D,22D,29D,30D,31D,32D,33D,34D,35D,36D,40D. The summed E-state index contributed by atoms with van der Waals surface area (Å²) >= 11 is 0. The molecule has 11 aromatic carbocycles. The van der Waals surface area contributed by atoms with Gasteiger partial charge in [-0.05, 0) is 122 Å². The van der Waals surface area contributed by atoms with E-state index in [9.17, 15) is 13.7 Å². The summed E-state index contributed by atoms with van der Waals surface area (Å²) in [5.41, 5.74) is 0.00279. The first-order valence-corrected chi connectivity index (χ1v) is 20.5. The van der Waals surface area contributed by atoms with Gasteiger partial charge in [-0.15, -0.1) is 0 Å². The maximum absolute atomic E-state index is 10.1. The van der Waals surface area contributed by atoms with Gasteiger partial charge in [-0.2, -0.15) is 0 Å². The minimum Gasteiger partial charge on any atom is -0.455 e. The van der Waals surface area contributed by atoms with Crippen molar-refractivity contribution < 1.29 is 34.6 Å². The number of para-hydroxylation sites is 3. The lowest BCUT2D eigenvalue weighted by Crippen LogP contribution is -2.10. The lowest BCUT2D eigenvalue weighted by molar-refractivity contribution is 0.670. The van der Waals surface area contributed by atoms with E-state index in [-0.39, 0.29) is 16.7 Å². The van der Waals surface area contributed by atoms with Crippen molar-refractivity contribution in [2.24, 2.45) is 0 Å². The number of aromatic nitrogens is 1. The van der Waals surface area contributed by atoms with Crippen LogP contribution in [0.2, 0.25) is 0 Å². The average Bonchev–Trinajstić information content (AvgIpc) is 1.23. The Hall–Kier alpha value is -8.66. The Labute approximate surface area is 407 Å². The van der Waals surface area contributed by atoms with Gasteiger partial charge in [0.05, 0.1) is 52.3 Å². The second-order valence-corrected chi connectivity index (χ2v) is 15.1. The number of furan rings is 1. The molecule has 0 atom stereocenters. The van der Waals surface area contributed by atoms with Crippen molar-refractivity contribution in [2.75, 3.05) is 4.90 Å². The van der Waals surface area contributed by atoms with Crippen molar-refractivity contribution in [1.82, 2.24) is 4.57 Å². The lowest BCUT2D eigenvalue weighted by Gasteiger charge is -2.27. The van der Waals surface area contributed by atoms with Crippen LogP contribution in [0.15, 0.2) is 247 Å². The molecule has 0 spiro atoms. The maximum Gasteiger partial charge on any atom is 0.145 e. The van der Waals surface area contributed by atoms with Crippen LogP contribution >= 0.6 is 0 Å². The molecular formula is C62H40N2O. The Bertz CT molecular complexity index is 5150. The van der Waals surface area contributed by atoms with Gasteiger partial charge in [0.2, 0.25) is 0 Å². The summed E-state index contributed by atoms with van der Waals surface area (Å²) in [6.07, 6.45) is 0. The van der Waals surface area contributed by atoms with Gasteiger partial charge in [0, 0.05) is 38.8 Å². The van der Waals surface area contributed by atoms with E-state index >= 15 is 0 Å². The van der Waals surface area contributed by atoms with Gasteiger partial charge in [0.15, 0.2) is 0 Å². The van der Waals surface area contributed by atoms with Gasteiger partial charge in [-0.25, -0.2) is 0 Å². The van der Waals surface area contributed by atoms with Crippen LogP contribution in [0.25, 0.3) is 104 Å². The molecule has 0 aliphatic heterocycles. The molecule has 13 rings (SSSR count). The number of anilines is 3. The van der Waals surface area contributed by atoms with Crippen molar-refractivity contribution in [2.45, 2.75) is 0 Å². The highest BCUT2D eigenvalue weighted by Crippen LogP contribution is 2.47. The molecule has 0 N–H and O–H groups in total. The molecule has 0 saturated heterocycles. The Kier molecular flexibility index (Phi) is 4.88. The van der Waals surface area contributed by atoms with Gasteiger partial charge < -0.3 is 13.9 Å². The molecule has 304 valence electrons. The molecule has 0 aliphatic carbocycles. The third kappa shape index (κ3) is 6.05. The van der Waals surface area contributed by atoms with Crippen molar-refractivity contribution in [1.29, 1.82) is 0 Å². The molecule has 0 amide bonds. The van der Waals surface area contributed by atoms with Crippen LogP contribution in [0.3, 0.4) is 0 Å². The predicted octanol–water partition coefficient (Wildman–Crippen LogP) is 17.5. The number of rotatable bonds is 7. The van der Waals surface area contributed by atoms with E-state index in [0.29, 0.717) is 22.1 Å². The van der Waals surface area contributed by atoms with E-state index in [1.807, 2.05) is 72.8 Å². The Balaban J connectivity index is 1.14. The van der Waals surface area contributed by atoms with Gasteiger partial charge in [-0.1, -0.05) is 169 Å². The van der Waals surface area contributed by atoms with E-state index in [4.69, 9.17) is 20.9 Å². The smallest absolute Gasteiger partial charge is 0.145 e. The van der Waals surface area contributed by atoms with Crippen LogP contribution in [0.1, 0.15) is 30.2 Å². The fourth-order valence-electron chi connectivity index (χ4n) is 8.71. The molecule has 0 fully saturated rings. The van der Waals surface area contributed by atoms with Crippen LogP contribution in [0, 0.1) is 0 Å². The molecule has 2 heterocycles. The van der Waals surface area contributed by atoms with Crippen LogP contribution in [-0.2, 0) is 0 Å². The average molecular weight is 851 g/mol. The number of benzene rings is 11. The lowest BCUT2D eigenvalue weighted by atomic mass is 9.93. The SMILES string of the molecule is [2H]c1c([2H])c([2H])c(-c2c([2H])c([2H])c(N(c3c([2H])c([2H])c(-c4c([2H])c5c([2H])c([2H])c([2H])c([2H])c5c5c([2H])c([2H])c([2H])c([2H])c45)c([2H])c3[2H])c3ccc(-c4cccc(-n5c6ccccc6c6ccccc65)c4)c4oc5ccccc5c34)c([2H])c2[2H])c([2H])c1[2H]. The minimum absolute atomic E-state index is 0.0930. The van der Waals surface area contributed by atoms with E-state index in [1.54, 1.807) is 30.3 Å². The molecule has 0 unspecified atom stereocenters. The predicted molar refractivity (Wildman–Crippen MR) is 274 cm³/mol. The highest BCUT2D eigenvalue weighted by molar-refractivity contribution is 6.18. The van der Waals surface area contributed by atoms with Crippen molar-refractivity contribution in [3.63, 3.8) is 0 Å². The second-order valence-electron chi connectivity index (χ2n) is 15.1. The minimum atomic E-state index is -0.976. The van der Waals surface area contributed by atoms with Gasteiger partial charge in [-0.3, -0.25) is 0 Å². The highest BCUT2D eigenvalue weighted by atomic mass is 16.3. The summed E-state index contributed by atoms with van der Waals surface area (Å²) in [4.78, 5) is 0.988. The van der Waals surface area contributed by atoms with E-state index in [0.717, 1.165) is 32.4 Å². The zero-order chi connectivity index (χ0) is 62.0. The second kappa shape index (κ2) is 15.0. The monoisotopic (exact) mass is 850 g/mol. The van der Waals surface area contributed by atoms with Gasteiger partial charge in [0.25, 0.3) is 0 Å². The molecule has 0 aliphatic rings. The van der Waals surface area contributed by atoms with E-state index in [1.165, 1.54) is 6.07 Å². The number of nitrogens with zero attached hydrogens (tertiary/aromatic N) is 2. The van der Waals surface area contributed by atoms with Crippen molar-refractivity contribution in [3.05, 3.63) is 242 Å². The van der Waals surface area contributed by atoms with Crippen molar-refractivity contribution >= 4 is 82.4 Å². The zero-order valence-electron chi connectivity index (χ0n) is 55.7. The largest absolute Gasteiger partial charge is 0.455 e. The summed E-state index contributed by atoms with van der Waals surface area (Å²) < 4.78 is 211. The van der Waals surface area contributed by atoms with Gasteiger partial charge >= 0.3 is 0 Å². The summed E-state index contributed by atoms with van der Waals surface area (Å²) in [7, 11) is 0. The molecule has 0 saturated carbocycles. The molecule has 3 heteroatoms. The highest BCUT2D eigenvalue weighted by Gasteiger charge is 2.23. The van der Waals surface area contributed by atoms with E-state index in [2.05, 4.69) is 4.57 Å². The molecule has 65 heavy (non-hydrogen) atoms. The topological polar surface area (TPSA) is 21.3 Å². The van der Waals surface area contributed by atoms with Crippen LogP contribution in [0.4, 0.5) is 17.1 Å². The quantitative estimate of drug-likeness (QED) is 0.149. The fraction of sp³-hybridized carbons (Fsp3) is 0. The van der Waals surface area contributed by atoms with E-state index < -0.39 is 188 Å². The third-order valence-electron chi connectivity index (χ3n) is 11.5. The maximum atomic E-state index is 10.1. The molecule has 0 bridgehead atoms. The van der Waals surface area contributed by atoms with Crippen molar-refractivity contribution in [3.8, 4) is 39.1 Å². The molecule has 13 aromatic rings. The first kappa shape index (κ1) is 21.1. The molecule has 3 nitrogen and oxygen atoms in total. The summed E-state index contributed by atoms with van der Waals surface area (Å²) in [6.45, 7) is 0. The van der Waals surface area contributed by atoms with Gasteiger partial charge in [0.1, 0.15) is 11.2 Å².